The van der Waals surface area contributed by atoms with Gasteiger partial charge < -0.3 is 10.4 Å². The van der Waals surface area contributed by atoms with E-state index in [1.165, 1.54) is 6.92 Å². The monoisotopic (exact) mass is 173 g/mol. The van der Waals surface area contributed by atoms with Gasteiger partial charge in [-0.1, -0.05) is 6.92 Å². The van der Waals surface area contributed by atoms with Gasteiger partial charge in [-0.2, -0.15) is 0 Å². The van der Waals surface area contributed by atoms with Crippen LogP contribution in [0.3, 0.4) is 0 Å². The average Bonchev–Trinajstić information content (AvgIpc) is 2.00. The summed E-state index contributed by atoms with van der Waals surface area (Å²) < 4.78 is 0. The molecule has 3 nitrogen and oxygen atoms in total. The summed E-state index contributed by atoms with van der Waals surface area (Å²) in [5, 5.41) is 11.3. The largest absolute Gasteiger partial charge is 0.396 e. The van der Waals surface area contributed by atoms with Crippen LogP contribution in [0.25, 0.3) is 0 Å². The van der Waals surface area contributed by atoms with Crippen LogP contribution in [0.1, 0.15) is 33.1 Å². The molecule has 0 aromatic rings. The molecule has 0 saturated heterocycles. The lowest BCUT2D eigenvalue weighted by atomic mass is 10.0. The predicted octanol–water partition coefficient (Wildman–Crippen LogP) is 0.921. The van der Waals surface area contributed by atoms with Crippen molar-refractivity contribution in [3.05, 3.63) is 0 Å². The van der Waals surface area contributed by atoms with Gasteiger partial charge in [0.1, 0.15) is 0 Å². The van der Waals surface area contributed by atoms with E-state index in [0.29, 0.717) is 5.92 Å². The van der Waals surface area contributed by atoms with Crippen molar-refractivity contribution in [2.24, 2.45) is 5.92 Å². The Bertz CT molecular complexity index is 126. The quantitative estimate of drug-likeness (QED) is 0.627. The maximum absolute atomic E-state index is 10.5. The molecule has 0 saturated carbocycles. The van der Waals surface area contributed by atoms with Crippen molar-refractivity contribution in [3.8, 4) is 0 Å². The lowest BCUT2D eigenvalue weighted by Gasteiger charge is -2.09. The van der Waals surface area contributed by atoms with Crippen LogP contribution >= 0.6 is 0 Å². The summed E-state index contributed by atoms with van der Waals surface area (Å²) in [5.41, 5.74) is 0. The van der Waals surface area contributed by atoms with E-state index >= 15 is 0 Å². The minimum atomic E-state index is 0.0318. The van der Waals surface area contributed by atoms with Crippen LogP contribution in [-0.4, -0.2) is 24.2 Å². The van der Waals surface area contributed by atoms with Crippen LogP contribution in [-0.2, 0) is 4.79 Å². The Balaban J connectivity index is 3.19. The van der Waals surface area contributed by atoms with E-state index in [9.17, 15) is 4.79 Å². The lowest BCUT2D eigenvalue weighted by Crippen LogP contribution is -2.22. The number of aliphatic hydroxyl groups excluding tert-OH is 1. The van der Waals surface area contributed by atoms with E-state index in [1.54, 1.807) is 0 Å². The molecule has 0 unspecified atom stereocenters. The first-order valence-electron chi connectivity index (χ1n) is 4.52. The number of amides is 1. The fourth-order valence-electron chi connectivity index (χ4n) is 1.08. The van der Waals surface area contributed by atoms with E-state index in [4.69, 9.17) is 5.11 Å². The van der Waals surface area contributed by atoms with E-state index in [0.717, 1.165) is 25.8 Å². The summed E-state index contributed by atoms with van der Waals surface area (Å²) in [4.78, 5) is 10.5. The number of aliphatic hydroxyl groups is 1. The molecule has 0 aromatic carbocycles. The summed E-state index contributed by atoms with van der Waals surface area (Å²) in [6, 6.07) is 0. The second-order valence-corrected chi connectivity index (χ2v) is 3.24. The van der Waals surface area contributed by atoms with E-state index in [1.807, 2.05) is 0 Å². The normalized spacial score (nSPS) is 12.6. The Kier molecular flexibility index (Phi) is 6.76. The zero-order chi connectivity index (χ0) is 9.40. The second kappa shape index (κ2) is 7.10. The van der Waals surface area contributed by atoms with Gasteiger partial charge in [0.25, 0.3) is 0 Å². The van der Waals surface area contributed by atoms with Crippen LogP contribution in [0.4, 0.5) is 0 Å². The molecule has 0 aromatic heterocycles. The first-order valence-corrected chi connectivity index (χ1v) is 4.52. The summed E-state index contributed by atoms with van der Waals surface area (Å²) in [6.45, 7) is 4.68. The van der Waals surface area contributed by atoms with E-state index in [-0.39, 0.29) is 12.5 Å². The number of carbonyl (C=O) groups is 1. The molecule has 0 aliphatic heterocycles. The molecule has 3 heteroatoms. The van der Waals surface area contributed by atoms with Crippen molar-refractivity contribution in [1.29, 1.82) is 0 Å². The zero-order valence-electron chi connectivity index (χ0n) is 7.97. The molecular formula is C9H19NO2. The number of carbonyl (C=O) groups excluding carboxylic acids is 1. The highest BCUT2D eigenvalue weighted by Crippen LogP contribution is 2.08. The van der Waals surface area contributed by atoms with Gasteiger partial charge in [-0.05, 0) is 25.2 Å². The Labute approximate surface area is 74.2 Å². The molecule has 1 amide bonds. The van der Waals surface area contributed by atoms with Crippen LogP contribution in [0.15, 0.2) is 0 Å². The predicted molar refractivity (Wildman–Crippen MR) is 48.8 cm³/mol. The van der Waals surface area contributed by atoms with Gasteiger partial charge in [0.2, 0.25) is 5.91 Å². The molecule has 1 atom stereocenters. The Morgan fingerprint density at radius 3 is 2.67 bits per heavy atom. The van der Waals surface area contributed by atoms with Gasteiger partial charge in [0, 0.05) is 20.1 Å². The number of hydrogen-bond acceptors (Lipinski definition) is 2. The fraction of sp³-hybridized carbons (Fsp3) is 0.889. The fourth-order valence-corrected chi connectivity index (χ4v) is 1.08. The SMILES string of the molecule is CC(=O)NCC[C@@H](C)CCCO. The van der Waals surface area contributed by atoms with Crippen molar-refractivity contribution in [2.45, 2.75) is 33.1 Å². The van der Waals surface area contributed by atoms with Gasteiger partial charge in [0.05, 0.1) is 0 Å². The number of hydrogen-bond donors (Lipinski definition) is 2. The standard InChI is InChI=1S/C9H19NO2/c1-8(4-3-7-11)5-6-10-9(2)12/h8,11H,3-7H2,1-2H3,(H,10,12)/t8-/m0/s1. The third-order valence-corrected chi connectivity index (χ3v) is 1.87. The van der Waals surface area contributed by atoms with Gasteiger partial charge in [-0.15, -0.1) is 0 Å². The Morgan fingerprint density at radius 1 is 1.50 bits per heavy atom. The zero-order valence-corrected chi connectivity index (χ0v) is 7.97. The van der Waals surface area contributed by atoms with Crippen molar-refractivity contribution in [3.63, 3.8) is 0 Å². The molecule has 0 bridgehead atoms. The van der Waals surface area contributed by atoms with Crippen molar-refractivity contribution in [1.82, 2.24) is 5.32 Å². The minimum absolute atomic E-state index is 0.0318. The van der Waals surface area contributed by atoms with Gasteiger partial charge in [-0.25, -0.2) is 0 Å². The highest BCUT2D eigenvalue weighted by molar-refractivity contribution is 5.72. The number of nitrogens with one attached hydrogen (secondary N) is 1. The maximum Gasteiger partial charge on any atom is 0.216 e. The molecule has 2 N–H and O–H groups in total. The van der Waals surface area contributed by atoms with Crippen LogP contribution in [0, 0.1) is 5.92 Å². The van der Waals surface area contributed by atoms with Gasteiger partial charge in [0.15, 0.2) is 0 Å². The summed E-state index contributed by atoms with van der Waals surface area (Å²) in [7, 11) is 0. The van der Waals surface area contributed by atoms with Crippen LogP contribution in [0.5, 0.6) is 0 Å². The average molecular weight is 173 g/mol. The third-order valence-electron chi connectivity index (χ3n) is 1.87. The molecule has 0 rings (SSSR count). The molecule has 0 radical (unpaired) electrons. The molecule has 0 spiro atoms. The smallest absolute Gasteiger partial charge is 0.216 e. The molecule has 0 heterocycles. The first kappa shape index (κ1) is 11.4. The lowest BCUT2D eigenvalue weighted by molar-refractivity contribution is -0.118. The molecular weight excluding hydrogens is 154 g/mol. The van der Waals surface area contributed by atoms with Gasteiger partial charge >= 0.3 is 0 Å². The molecule has 0 fully saturated rings. The van der Waals surface area contributed by atoms with Crippen LogP contribution < -0.4 is 5.32 Å². The topological polar surface area (TPSA) is 49.3 Å². The first-order chi connectivity index (χ1) is 5.66. The van der Waals surface area contributed by atoms with Crippen molar-refractivity contribution in [2.75, 3.05) is 13.2 Å². The maximum atomic E-state index is 10.5. The molecule has 12 heavy (non-hydrogen) atoms. The Morgan fingerprint density at radius 2 is 2.17 bits per heavy atom. The summed E-state index contributed by atoms with van der Waals surface area (Å²) in [6.07, 6.45) is 2.90. The van der Waals surface area contributed by atoms with Crippen molar-refractivity contribution >= 4 is 5.91 Å². The van der Waals surface area contributed by atoms with Gasteiger partial charge in [-0.3, -0.25) is 4.79 Å². The van der Waals surface area contributed by atoms with E-state index < -0.39 is 0 Å². The number of rotatable bonds is 6. The molecule has 72 valence electrons. The molecule has 0 aliphatic rings. The highest BCUT2D eigenvalue weighted by Gasteiger charge is 2.01. The van der Waals surface area contributed by atoms with Crippen molar-refractivity contribution < 1.29 is 9.90 Å². The molecule has 0 aliphatic carbocycles. The second-order valence-electron chi connectivity index (χ2n) is 3.24. The van der Waals surface area contributed by atoms with Crippen LogP contribution in [0.2, 0.25) is 0 Å². The van der Waals surface area contributed by atoms with E-state index in [2.05, 4.69) is 12.2 Å². The highest BCUT2D eigenvalue weighted by atomic mass is 16.2. The Hall–Kier alpha value is -0.570. The third kappa shape index (κ3) is 7.54. The minimum Gasteiger partial charge on any atom is -0.396 e. The summed E-state index contributed by atoms with van der Waals surface area (Å²) in [5.74, 6) is 0.619. The summed E-state index contributed by atoms with van der Waals surface area (Å²) >= 11 is 0.